The lowest BCUT2D eigenvalue weighted by molar-refractivity contribution is -0.116. The van der Waals surface area contributed by atoms with Crippen molar-refractivity contribution in [3.05, 3.63) is 23.0 Å². The molecule has 0 fully saturated rings. The highest BCUT2D eigenvalue weighted by atomic mass is 32.1. The Labute approximate surface area is 125 Å². The Morgan fingerprint density at radius 1 is 1.48 bits per heavy atom. The van der Waals surface area contributed by atoms with Crippen LogP contribution in [0.4, 0.5) is 5.13 Å². The number of esters is 1. The molecule has 0 aromatic carbocycles. The molecule has 9 heteroatoms. The smallest absolute Gasteiger partial charge is 0.360 e. The van der Waals surface area contributed by atoms with Crippen LogP contribution < -0.4 is 4.90 Å². The fourth-order valence-corrected chi connectivity index (χ4v) is 2.65. The Balaban J connectivity index is 2.10. The number of methoxy groups -OCH3 is 1. The van der Waals surface area contributed by atoms with Gasteiger partial charge in [-0.15, -0.1) is 16.4 Å². The molecule has 0 aliphatic heterocycles. The fraction of sp³-hybridized carbons (Fsp3) is 0.417. The normalized spacial score (nSPS) is 10.4. The zero-order valence-electron chi connectivity index (χ0n) is 11.9. The number of amides is 1. The third kappa shape index (κ3) is 3.43. The molecule has 8 nitrogen and oxygen atoms in total. The van der Waals surface area contributed by atoms with Crippen LogP contribution in [0.5, 0.6) is 0 Å². The molecule has 2 heterocycles. The van der Waals surface area contributed by atoms with Gasteiger partial charge in [0.1, 0.15) is 0 Å². The Hall–Kier alpha value is -2.29. The number of hydrogen-bond donors (Lipinski definition) is 0. The number of anilines is 1. The second-order valence-corrected chi connectivity index (χ2v) is 5.01. The summed E-state index contributed by atoms with van der Waals surface area (Å²) >= 11 is 1.39. The van der Waals surface area contributed by atoms with Gasteiger partial charge in [-0.2, -0.15) is 0 Å². The van der Waals surface area contributed by atoms with Gasteiger partial charge in [0.2, 0.25) is 5.91 Å². The SMILES string of the molecule is CCN(C(C)=O)c1nc(Cn2cc(C(=O)OC)nn2)cs1. The summed E-state index contributed by atoms with van der Waals surface area (Å²) in [5, 5.41) is 10.1. The maximum Gasteiger partial charge on any atom is 0.360 e. The summed E-state index contributed by atoms with van der Waals surface area (Å²) in [7, 11) is 1.29. The van der Waals surface area contributed by atoms with Crippen molar-refractivity contribution >= 4 is 28.3 Å². The van der Waals surface area contributed by atoms with Gasteiger partial charge >= 0.3 is 5.97 Å². The summed E-state index contributed by atoms with van der Waals surface area (Å²) in [6, 6.07) is 0. The van der Waals surface area contributed by atoms with Crippen LogP contribution in [-0.4, -0.2) is 45.5 Å². The van der Waals surface area contributed by atoms with Crippen molar-refractivity contribution in [3.8, 4) is 0 Å². The molecule has 0 radical (unpaired) electrons. The van der Waals surface area contributed by atoms with E-state index in [0.717, 1.165) is 5.69 Å². The molecule has 21 heavy (non-hydrogen) atoms. The molecule has 1 amide bonds. The van der Waals surface area contributed by atoms with Crippen LogP contribution in [0.3, 0.4) is 0 Å². The summed E-state index contributed by atoms with van der Waals surface area (Å²) in [5.41, 5.74) is 0.892. The van der Waals surface area contributed by atoms with Gasteiger partial charge in [0, 0.05) is 18.8 Å². The van der Waals surface area contributed by atoms with E-state index >= 15 is 0 Å². The van der Waals surface area contributed by atoms with E-state index in [1.165, 1.54) is 36.2 Å². The highest BCUT2D eigenvalue weighted by molar-refractivity contribution is 7.14. The minimum Gasteiger partial charge on any atom is -0.464 e. The summed E-state index contributed by atoms with van der Waals surface area (Å²) in [4.78, 5) is 28.7. The van der Waals surface area contributed by atoms with Gasteiger partial charge in [0.15, 0.2) is 10.8 Å². The van der Waals surface area contributed by atoms with Gasteiger partial charge in [-0.05, 0) is 6.92 Å². The number of rotatable bonds is 5. The molecule has 2 aromatic heterocycles. The third-order valence-corrected chi connectivity index (χ3v) is 3.64. The number of carbonyl (C=O) groups excluding carboxylic acids is 2. The monoisotopic (exact) mass is 309 g/mol. The van der Waals surface area contributed by atoms with E-state index in [9.17, 15) is 9.59 Å². The fourth-order valence-electron chi connectivity index (χ4n) is 1.73. The van der Waals surface area contributed by atoms with Crippen LogP contribution in [0.15, 0.2) is 11.6 Å². The van der Waals surface area contributed by atoms with Gasteiger partial charge in [-0.3, -0.25) is 9.69 Å². The molecular weight excluding hydrogens is 294 g/mol. The molecule has 0 aliphatic rings. The van der Waals surface area contributed by atoms with Gasteiger partial charge < -0.3 is 4.74 Å². The first-order chi connectivity index (χ1) is 10.0. The third-order valence-electron chi connectivity index (χ3n) is 2.72. The molecule has 2 rings (SSSR count). The zero-order valence-corrected chi connectivity index (χ0v) is 12.8. The van der Waals surface area contributed by atoms with Gasteiger partial charge in [-0.1, -0.05) is 5.21 Å². The summed E-state index contributed by atoms with van der Waals surface area (Å²) in [5.74, 6) is -0.582. The first-order valence-electron chi connectivity index (χ1n) is 6.26. The molecule has 2 aromatic rings. The number of carbonyl (C=O) groups is 2. The molecule has 112 valence electrons. The predicted molar refractivity (Wildman–Crippen MR) is 76.3 cm³/mol. The minimum atomic E-state index is -0.533. The van der Waals surface area contributed by atoms with Crippen molar-refractivity contribution in [1.82, 2.24) is 20.0 Å². The summed E-state index contributed by atoms with van der Waals surface area (Å²) in [6.07, 6.45) is 1.49. The van der Waals surface area contributed by atoms with Crippen molar-refractivity contribution in [1.29, 1.82) is 0 Å². The molecule has 0 bridgehead atoms. The molecule has 0 aliphatic carbocycles. The average molecular weight is 309 g/mol. The van der Waals surface area contributed by atoms with Gasteiger partial charge in [0.05, 0.1) is 25.5 Å². The van der Waals surface area contributed by atoms with Crippen molar-refractivity contribution in [2.45, 2.75) is 20.4 Å². The van der Waals surface area contributed by atoms with E-state index in [1.807, 2.05) is 12.3 Å². The van der Waals surface area contributed by atoms with Gasteiger partial charge in [0.25, 0.3) is 0 Å². The van der Waals surface area contributed by atoms with Crippen LogP contribution >= 0.6 is 11.3 Å². The van der Waals surface area contributed by atoms with E-state index in [4.69, 9.17) is 0 Å². The van der Waals surface area contributed by atoms with Gasteiger partial charge in [-0.25, -0.2) is 14.5 Å². The molecule has 0 atom stereocenters. The van der Waals surface area contributed by atoms with E-state index < -0.39 is 5.97 Å². The molecule has 0 spiro atoms. The highest BCUT2D eigenvalue weighted by Gasteiger charge is 2.15. The Morgan fingerprint density at radius 2 is 2.24 bits per heavy atom. The molecule has 0 unspecified atom stereocenters. The van der Waals surface area contributed by atoms with Crippen molar-refractivity contribution in [2.24, 2.45) is 0 Å². The molecule has 0 saturated carbocycles. The Bertz CT molecular complexity index is 651. The number of ether oxygens (including phenoxy) is 1. The molecule has 0 saturated heterocycles. The lowest BCUT2D eigenvalue weighted by atomic mass is 10.4. The van der Waals surface area contributed by atoms with Crippen molar-refractivity contribution in [2.75, 3.05) is 18.6 Å². The Morgan fingerprint density at radius 3 is 2.86 bits per heavy atom. The first kappa shape index (κ1) is 15.1. The molecule has 0 N–H and O–H groups in total. The number of nitrogens with zero attached hydrogens (tertiary/aromatic N) is 5. The van der Waals surface area contributed by atoms with Crippen LogP contribution in [0.25, 0.3) is 0 Å². The number of hydrogen-bond acceptors (Lipinski definition) is 7. The Kier molecular flexibility index (Phi) is 4.63. The topological polar surface area (TPSA) is 90.2 Å². The second-order valence-electron chi connectivity index (χ2n) is 4.18. The largest absolute Gasteiger partial charge is 0.464 e. The van der Waals surface area contributed by atoms with E-state index in [1.54, 1.807) is 4.90 Å². The van der Waals surface area contributed by atoms with Crippen molar-refractivity contribution in [3.63, 3.8) is 0 Å². The first-order valence-corrected chi connectivity index (χ1v) is 7.14. The van der Waals surface area contributed by atoms with E-state index in [-0.39, 0.29) is 11.6 Å². The van der Waals surface area contributed by atoms with Crippen LogP contribution in [0, 0.1) is 0 Å². The van der Waals surface area contributed by atoms with E-state index in [2.05, 4.69) is 20.0 Å². The van der Waals surface area contributed by atoms with Crippen LogP contribution in [0.2, 0.25) is 0 Å². The van der Waals surface area contributed by atoms with Crippen molar-refractivity contribution < 1.29 is 14.3 Å². The average Bonchev–Trinajstić information content (AvgIpc) is 3.09. The minimum absolute atomic E-state index is 0.0490. The predicted octanol–water partition coefficient (Wildman–Crippen LogP) is 0.942. The number of thiazole rings is 1. The highest BCUT2D eigenvalue weighted by Crippen LogP contribution is 2.21. The summed E-state index contributed by atoms with van der Waals surface area (Å²) < 4.78 is 6.06. The summed E-state index contributed by atoms with van der Waals surface area (Å²) in [6.45, 7) is 4.33. The lowest BCUT2D eigenvalue weighted by Gasteiger charge is -2.14. The van der Waals surface area contributed by atoms with Crippen LogP contribution in [0.1, 0.15) is 30.0 Å². The van der Waals surface area contributed by atoms with Crippen LogP contribution in [-0.2, 0) is 16.1 Å². The zero-order chi connectivity index (χ0) is 15.4. The maximum atomic E-state index is 11.5. The maximum absolute atomic E-state index is 11.5. The van der Waals surface area contributed by atoms with E-state index in [0.29, 0.717) is 18.2 Å². The second kappa shape index (κ2) is 6.44. The number of aromatic nitrogens is 4. The quantitative estimate of drug-likeness (QED) is 0.764. The lowest BCUT2D eigenvalue weighted by Crippen LogP contribution is -2.27. The molecular formula is C12H15N5O3S. The standard InChI is InChI=1S/C12H15N5O3S/c1-4-17(8(2)18)12-13-9(7-21-12)5-16-6-10(14-15-16)11(19)20-3/h6-7H,4-5H2,1-3H3.